The van der Waals surface area contributed by atoms with Gasteiger partial charge in [0.15, 0.2) is 5.82 Å². The van der Waals surface area contributed by atoms with Gasteiger partial charge in [-0.3, -0.25) is 0 Å². The maximum atomic E-state index is 4.73. The van der Waals surface area contributed by atoms with E-state index in [1.807, 2.05) is 14.1 Å². The van der Waals surface area contributed by atoms with Gasteiger partial charge >= 0.3 is 0 Å². The molecule has 0 fully saturated rings. The Labute approximate surface area is 94.9 Å². The normalized spacial score (nSPS) is 10.1. The third-order valence-electron chi connectivity index (χ3n) is 2.36. The minimum atomic E-state index is 0.750. The first-order chi connectivity index (χ1) is 7.75. The van der Waals surface area contributed by atoms with Gasteiger partial charge in [-0.1, -0.05) is 17.3 Å². The molecule has 2 rings (SSSR count). The summed E-state index contributed by atoms with van der Waals surface area (Å²) < 4.78 is 4.73. The maximum absolute atomic E-state index is 4.73. The van der Waals surface area contributed by atoms with E-state index < -0.39 is 0 Å². The molecule has 4 heteroatoms. The van der Waals surface area contributed by atoms with E-state index in [2.05, 4.69) is 39.6 Å². The van der Waals surface area contributed by atoms with Gasteiger partial charge in [-0.2, -0.15) is 0 Å². The van der Waals surface area contributed by atoms with Gasteiger partial charge in [0.05, 0.1) is 0 Å². The zero-order valence-electron chi connectivity index (χ0n) is 9.47. The molecule has 0 aliphatic heterocycles. The zero-order chi connectivity index (χ0) is 11.4. The molecule has 2 aromatic rings. The Morgan fingerprint density at radius 3 is 2.50 bits per heavy atom. The monoisotopic (exact) mass is 217 g/mol. The van der Waals surface area contributed by atoms with Crippen molar-refractivity contribution in [1.82, 2.24) is 5.16 Å². The van der Waals surface area contributed by atoms with E-state index in [0.29, 0.717) is 0 Å². The molecular weight excluding hydrogens is 202 g/mol. The number of hydrogen-bond donors (Lipinski definition) is 1. The Bertz CT molecular complexity index is 420. The molecule has 0 bridgehead atoms. The third kappa shape index (κ3) is 2.53. The fourth-order valence-electron chi connectivity index (χ4n) is 1.41. The van der Waals surface area contributed by atoms with E-state index in [-0.39, 0.29) is 0 Å². The summed E-state index contributed by atoms with van der Waals surface area (Å²) in [5.41, 5.74) is 2.42. The van der Waals surface area contributed by atoms with Gasteiger partial charge in [0.25, 0.3) is 0 Å². The van der Waals surface area contributed by atoms with E-state index in [1.165, 1.54) is 11.3 Å². The number of nitrogens with zero attached hydrogens (tertiary/aromatic N) is 2. The average molecular weight is 217 g/mol. The highest BCUT2D eigenvalue weighted by molar-refractivity contribution is 5.46. The average Bonchev–Trinajstić information content (AvgIpc) is 2.80. The van der Waals surface area contributed by atoms with Crippen molar-refractivity contribution in [2.75, 3.05) is 24.3 Å². The van der Waals surface area contributed by atoms with Crippen molar-refractivity contribution in [2.24, 2.45) is 0 Å². The minimum absolute atomic E-state index is 0.750. The van der Waals surface area contributed by atoms with E-state index in [9.17, 15) is 0 Å². The molecule has 1 aromatic carbocycles. The van der Waals surface area contributed by atoms with Crippen LogP contribution in [-0.4, -0.2) is 19.3 Å². The molecule has 4 nitrogen and oxygen atoms in total. The third-order valence-corrected chi connectivity index (χ3v) is 2.36. The summed E-state index contributed by atoms with van der Waals surface area (Å²) in [5, 5.41) is 6.95. The Morgan fingerprint density at radius 2 is 1.94 bits per heavy atom. The Kier molecular flexibility index (Phi) is 3.10. The van der Waals surface area contributed by atoms with Crippen LogP contribution in [-0.2, 0) is 6.54 Å². The molecule has 1 N–H and O–H groups in total. The maximum Gasteiger partial charge on any atom is 0.169 e. The highest BCUT2D eigenvalue weighted by Crippen LogP contribution is 2.13. The number of benzene rings is 1. The molecule has 0 unspecified atom stereocenters. The van der Waals surface area contributed by atoms with Gasteiger partial charge in [0.2, 0.25) is 0 Å². The molecule has 0 aliphatic carbocycles. The predicted octanol–water partition coefficient (Wildman–Crippen LogP) is 2.35. The van der Waals surface area contributed by atoms with Crippen molar-refractivity contribution in [2.45, 2.75) is 6.54 Å². The fourth-order valence-corrected chi connectivity index (χ4v) is 1.41. The lowest BCUT2D eigenvalue weighted by Crippen LogP contribution is -2.08. The van der Waals surface area contributed by atoms with Crippen LogP contribution >= 0.6 is 0 Å². The molecule has 84 valence electrons. The second kappa shape index (κ2) is 4.70. The number of hydrogen-bond acceptors (Lipinski definition) is 4. The van der Waals surface area contributed by atoms with Gasteiger partial charge in [-0.25, -0.2) is 0 Å². The molecular formula is C12H15N3O. The Balaban J connectivity index is 1.95. The SMILES string of the molecule is CN(C)c1ccc(CNc2ccon2)cc1. The van der Waals surface area contributed by atoms with Gasteiger partial charge in [0, 0.05) is 32.4 Å². The standard InChI is InChI=1S/C12H15N3O/c1-15(2)11-5-3-10(4-6-11)9-13-12-7-8-16-14-12/h3-8H,9H2,1-2H3,(H,13,14). The second-order valence-corrected chi connectivity index (χ2v) is 3.80. The summed E-state index contributed by atoms with van der Waals surface area (Å²) in [5.74, 6) is 0.761. The molecule has 16 heavy (non-hydrogen) atoms. The van der Waals surface area contributed by atoms with Crippen LogP contribution in [0, 0.1) is 0 Å². The van der Waals surface area contributed by atoms with E-state index in [4.69, 9.17) is 4.52 Å². The molecule has 0 radical (unpaired) electrons. The van der Waals surface area contributed by atoms with Gasteiger partial charge in [-0.05, 0) is 17.7 Å². The van der Waals surface area contributed by atoms with Gasteiger partial charge < -0.3 is 14.7 Å². The molecule has 0 saturated heterocycles. The second-order valence-electron chi connectivity index (χ2n) is 3.80. The summed E-state index contributed by atoms with van der Waals surface area (Å²) >= 11 is 0. The van der Waals surface area contributed by atoms with Crippen molar-refractivity contribution in [3.63, 3.8) is 0 Å². The molecule has 0 spiro atoms. The smallest absolute Gasteiger partial charge is 0.169 e. The van der Waals surface area contributed by atoms with Crippen molar-refractivity contribution in [3.05, 3.63) is 42.2 Å². The Hall–Kier alpha value is -1.97. The molecule has 1 heterocycles. The Morgan fingerprint density at radius 1 is 1.19 bits per heavy atom. The highest BCUT2D eigenvalue weighted by Gasteiger charge is 1.98. The first-order valence-electron chi connectivity index (χ1n) is 5.16. The van der Waals surface area contributed by atoms with Crippen LogP contribution in [0.5, 0.6) is 0 Å². The van der Waals surface area contributed by atoms with Gasteiger partial charge in [0.1, 0.15) is 6.26 Å². The number of rotatable bonds is 4. The lowest BCUT2D eigenvalue weighted by Gasteiger charge is -2.12. The number of anilines is 2. The summed E-state index contributed by atoms with van der Waals surface area (Å²) in [4.78, 5) is 2.08. The first-order valence-corrected chi connectivity index (χ1v) is 5.16. The largest absolute Gasteiger partial charge is 0.378 e. The van der Waals surface area contributed by atoms with Gasteiger partial charge in [-0.15, -0.1) is 0 Å². The van der Waals surface area contributed by atoms with Crippen LogP contribution in [0.4, 0.5) is 11.5 Å². The van der Waals surface area contributed by atoms with Crippen LogP contribution in [0.15, 0.2) is 41.1 Å². The van der Waals surface area contributed by atoms with E-state index >= 15 is 0 Å². The quantitative estimate of drug-likeness (QED) is 0.853. The molecule has 0 aliphatic rings. The van der Waals surface area contributed by atoms with Crippen LogP contribution < -0.4 is 10.2 Å². The minimum Gasteiger partial charge on any atom is -0.378 e. The summed E-state index contributed by atoms with van der Waals surface area (Å²) in [7, 11) is 4.06. The lowest BCUT2D eigenvalue weighted by molar-refractivity contribution is 0.422. The van der Waals surface area contributed by atoms with Crippen molar-refractivity contribution in [1.29, 1.82) is 0 Å². The first kappa shape index (κ1) is 10.5. The molecule has 0 atom stereocenters. The molecule has 1 aromatic heterocycles. The van der Waals surface area contributed by atoms with E-state index in [0.717, 1.165) is 12.4 Å². The molecule has 0 amide bonds. The van der Waals surface area contributed by atoms with E-state index in [1.54, 1.807) is 12.3 Å². The fraction of sp³-hybridized carbons (Fsp3) is 0.250. The van der Waals surface area contributed by atoms with Crippen molar-refractivity contribution in [3.8, 4) is 0 Å². The van der Waals surface area contributed by atoms with Crippen LogP contribution in [0.3, 0.4) is 0 Å². The number of nitrogens with one attached hydrogen (secondary N) is 1. The number of aromatic nitrogens is 1. The van der Waals surface area contributed by atoms with Crippen LogP contribution in [0.25, 0.3) is 0 Å². The summed E-state index contributed by atoms with van der Waals surface area (Å²) in [6.07, 6.45) is 1.55. The predicted molar refractivity (Wildman–Crippen MR) is 64.6 cm³/mol. The highest BCUT2D eigenvalue weighted by atomic mass is 16.5. The van der Waals surface area contributed by atoms with Crippen molar-refractivity contribution >= 4 is 11.5 Å². The van der Waals surface area contributed by atoms with Crippen molar-refractivity contribution < 1.29 is 4.52 Å². The van der Waals surface area contributed by atoms with Crippen LogP contribution in [0.2, 0.25) is 0 Å². The molecule has 0 saturated carbocycles. The zero-order valence-corrected chi connectivity index (χ0v) is 9.47. The summed E-state index contributed by atoms with van der Waals surface area (Å²) in [6.45, 7) is 0.750. The lowest BCUT2D eigenvalue weighted by atomic mass is 10.2. The topological polar surface area (TPSA) is 41.3 Å². The summed E-state index contributed by atoms with van der Waals surface area (Å²) in [6, 6.07) is 10.2. The van der Waals surface area contributed by atoms with Crippen LogP contribution in [0.1, 0.15) is 5.56 Å².